The average Bonchev–Trinajstić information content (AvgIpc) is 2.52. The van der Waals surface area contributed by atoms with Gasteiger partial charge in [-0.1, -0.05) is 11.8 Å². The lowest BCUT2D eigenvalue weighted by Gasteiger charge is -2.09. The van der Waals surface area contributed by atoms with Crippen molar-refractivity contribution in [3.63, 3.8) is 0 Å². The molecule has 0 saturated carbocycles. The van der Waals surface area contributed by atoms with Crippen molar-refractivity contribution in [2.24, 2.45) is 0 Å². The molecule has 1 heterocycles. The Balaban J connectivity index is 2.08. The largest absolute Gasteiger partial charge is 0.489 e. The number of ether oxygens (including phenoxy) is 1. The van der Waals surface area contributed by atoms with Crippen molar-refractivity contribution in [3.8, 4) is 23.7 Å². The molecule has 0 saturated heterocycles. The van der Waals surface area contributed by atoms with E-state index in [1.54, 1.807) is 12.3 Å². The maximum atomic E-state index is 8.82. The zero-order valence-corrected chi connectivity index (χ0v) is 12.3. The smallest absolute Gasteiger partial charge is 0.140 e. The van der Waals surface area contributed by atoms with Crippen LogP contribution in [0.15, 0.2) is 36.5 Å². The van der Waals surface area contributed by atoms with Gasteiger partial charge in [-0.3, -0.25) is 0 Å². The molecule has 2 rings (SSSR count). The Labute approximate surface area is 129 Å². The lowest BCUT2D eigenvalue weighted by atomic mass is 10.1. The maximum Gasteiger partial charge on any atom is 0.140 e. The zero-order chi connectivity index (χ0) is 15.1. The van der Waals surface area contributed by atoms with E-state index in [4.69, 9.17) is 21.6 Å². The SMILES string of the molecule is Cc1cc(C#CCCl)ccc1OCc1ccnc(C#N)c1. The third kappa shape index (κ3) is 4.24. The molecule has 0 unspecified atom stereocenters. The van der Waals surface area contributed by atoms with Gasteiger partial charge in [-0.2, -0.15) is 5.26 Å². The van der Waals surface area contributed by atoms with Crippen molar-refractivity contribution < 1.29 is 4.74 Å². The highest BCUT2D eigenvalue weighted by atomic mass is 35.5. The van der Waals surface area contributed by atoms with Crippen molar-refractivity contribution in [1.82, 2.24) is 4.98 Å². The summed E-state index contributed by atoms with van der Waals surface area (Å²) in [4.78, 5) is 3.93. The zero-order valence-electron chi connectivity index (χ0n) is 11.6. The first-order valence-electron chi connectivity index (χ1n) is 6.36. The number of aromatic nitrogens is 1. The van der Waals surface area contributed by atoms with Gasteiger partial charge in [0, 0.05) is 11.8 Å². The summed E-state index contributed by atoms with van der Waals surface area (Å²) >= 11 is 5.54. The maximum absolute atomic E-state index is 8.82. The van der Waals surface area contributed by atoms with E-state index in [0.717, 1.165) is 22.4 Å². The van der Waals surface area contributed by atoms with Crippen LogP contribution in [-0.4, -0.2) is 10.9 Å². The van der Waals surface area contributed by atoms with E-state index in [1.807, 2.05) is 37.3 Å². The summed E-state index contributed by atoms with van der Waals surface area (Å²) in [5.41, 5.74) is 3.22. The molecule has 21 heavy (non-hydrogen) atoms. The van der Waals surface area contributed by atoms with Crippen molar-refractivity contribution in [3.05, 3.63) is 58.9 Å². The van der Waals surface area contributed by atoms with Crippen LogP contribution in [0.25, 0.3) is 0 Å². The first-order valence-corrected chi connectivity index (χ1v) is 6.89. The van der Waals surface area contributed by atoms with Gasteiger partial charge >= 0.3 is 0 Å². The Morgan fingerprint density at radius 2 is 2.14 bits per heavy atom. The fourth-order valence-corrected chi connectivity index (χ4v) is 1.88. The van der Waals surface area contributed by atoms with Crippen LogP contribution >= 0.6 is 11.6 Å². The van der Waals surface area contributed by atoms with Gasteiger partial charge in [0.25, 0.3) is 0 Å². The minimum absolute atomic E-state index is 0.320. The Hall–Kier alpha value is -2.49. The Bertz CT molecular complexity index is 738. The second-order valence-corrected chi connectivity index (χ2v) is 4.63. The highest BCUT2D eigenvalue weighted by molar-refractivity contribution is 6.19. The van der Waals surface area contributed by atoms with Gasteiger partial charge in [0.2, 0.25) is 0 Å². The van der Waals surface area contributed by atoms with Crippen molar-refractivity contribution in [2.75, 3.05) is 5.88 Å². The number of alkyl halides is 1. The standard InChI is InChI=1S/C17H13ClN2O/c1-13-9-14(3-2-7-18)4-5-17(13)21-12-15-6-8-20-16(10-15)11-19/h4-6,8-10H,7,12H2,1H3. The number of hydrogen-bond donors (Lipinski definition) is 0. The molecule has 4 heteroatoms. The summed E-state index contributed by atoms with van der Waals surface area (Å²) in [5.74, 6) is 6.90. The van der Waals surface area contributed by atoms with E-state index in [-0.39, 0.29) is 0 Å². The van der Waals surface area contributed by atoms with Crippen LogP contribution in [0.5, 0.6) is 5.75 Å². The molecule has 0 radical (unpaired) electrons. The molecule has 0 spiro atoms. The van der Waals surface area contributed by atoms with Gasteiger partial charge < -0.3 is 4.74 Å². The monoisotopic (exact) mass is 296 g/mol. The molecule has 0 fully saturated rings. The molecular weight excluding hydrogens is 284 g/mol. The topological polar surface area (TPSA) is 45.9 Å². The van der Waals surface area contributed by atoms with E-state index in [1.165, 1.54) is 0 Å². The summed E-state index contributed by atoms with van der Waals surface area (Å²) < 4.78 is 5.77. The number of nitrogens with zero attached hydrogens (tertiary/aromatic N) is 2. The predicted molar refractivity (Wildman–Crippen MR) is 82.1 cm³/mol. The second-order valence-electron chi connectivity index (χ2n) is 4.37. The van der Waals surface area contributed by atoms with Crippen LogP contribution in [0.4, 0.5) is 0 Å². The van der Waals surface area contributed by atoms with E-state index >= 15 is 0 Å². The number of benzene rings is 1. The summed E-state index contributed by atoms with van der Waals surface area (Å²) in [6.07, 6.45) is 1.61. The average molecular weight is 297 g/mol. The third-order valence-electron chi connectivity index (χ3n) is 2.81. The number of aryl methyl sites for hydroxylation is 1. The number of nitriles is 1. The number of rotatable bonds is 3. The lowest BCUT2D eigenvalue weighted by molar-refractivity contribution is 0.304. The Morgan fingerprint density at radius 3 is 2.86 bits per heavy atom. The summed E-state index contributed by atoms with van der Waals surface area (Å²) in [5, 5.41) is 8.82. The van der Waals surface area contributed by atoms with E-state index in [0.29, 0.717) is 18.2 Å². The van der Waals surface area contributed by atoms with Gasteiger partial charge in [0.15, 0.2) is 0 Å². The van der Waals surface area contributed by atoms with Gasteiger partial charge in [-0.15, -0.1) is 11.6 Å². The molecular formula is C17H13ClN2O. The van der Waals surface area contributed by atoms with Crippen LogP contribution in [0.2, 0.25) is 0 Å². The minimum atomic E-state index is 0.320. The third-order valence-corrected chi connectivity index (χ3v) is 2.94. The van der Waals surface area contributed by atoms with E-state index in [2.05, 4.69) is 16.8 Å². The number of halogens is 1. The minimum Gasteiger partial charge on any atom is -0.489 e. The molecule has 1 aromatic heterocycles. The Kier molecular flexibility index (Phi) is 5.21. The molecule has 0 N–H and O–H groups in total. The summed E-state index contributed by atoms with van der Waals surface area (Å²) in [6.45, 7) is 2.36. The highest BCUT2D eigenvalue weighted by Gasteiger charge is 2.02. The Morgan fingerprint density at radius 1 is 1.29 bits per heavy atom. The van der Waals surface area contributed by atoms with Crippen LogP contribution in [0, 0.1) is 30.1 Å². The lowest BCUT2D eigenvalue weighted by Crippen LogP contribution is -1.98. The highest BCUT2D eigenvalue weighted by Crippen LogP contribution is 2.20. The summed E-state index contributed by atoms with van der Waals surface area (Å²) in [7, 11) is 0. The molecule has 0 aliphatic carbocycles. The van der Waals surface area contributed by atoms with Crippen LogP contribution in [0.3, 0.4) is 0 Å². The summed E-state index contributed by atoms with van der Waals surface area (Å²) in [6, 6.07) is 11.3. The van der Waals surface area contributed by atoms with Crippen LogP contribution in [-0.2, 0) is 6.61 Å². The van der Waals surface area contributed by atoms with Gasteiger partial charge in [-0.05, 0) is 48.4 Å². The molecule has 0 bridgehead atoms. The fourth-order valence-electron chi connectivity index (χ4n) is 1.81. The molecule has 2 aromatic rings. The first kappa shape index (κ1) is 14.9. The van der Waals surface area contributed by atoms with Crippen molar-refractivity contribution in [2.45, 2.75) is 13.5 Å². The van der Waals surface area contributed by atoms with E-state index in [9.17, 15) is 0 Å². The van der Waals surface area contributed by atoms with Crippen LogP contribution < -0.4 is 4.74 Å². The molecule has 0 aliphatic rings. The first-order chi connectivity index (χ1) is 10.2. The van der Waals surface area contributed by atoms with E-state index < -0.39 is 0 Å². The molecule has 104 valence electrons. The van der Waals surface area contributed by atoms with Crippen molar-refractivity contribution >= 4 is 11.6 Å². The molecule has 0 atom stereocenters. The quantitative estimate of drug-likeness (QED) is 0.644. The molecule has 0 amide bonds. The van der Waals surface area contributed by atoms with Gasteiger partial charge in [0.05, 0.1) is 5.88 Å². The second kappa shape index (κ2) is 7.33. The van der Waals surface area contributed by atoms with Gasteiger partial charge in [-0.25, -0.2) is 4.98 Å². The number of hydrogen-bond acceptors (Lipinski definition) is 3. The molecule has 1 aromatic carbocycles. The van der Waals surface area contributed by atoms with Crippen molar-refractivity contribution in [1.29, 1.82) is 5.26 Å². The van der Waals surface area contributed by atoms with Gasteiger partial charge in [0.1, 0.15) is 24.1 Å². The fraction of sp³-hybridized carbons (Fsp3) is 0.176. The normalized spacial score (nSPS) is 9.38. The number of pyridine rings is 1. The molecule has 3 nitrogen and oxygen atoms in total. The molecule has 0 aliphatic heterocycles. The predicted octanol–water partition coefficient (Wildman–Crippen LogP) is 3.43. The van der Waals surface area contributed by atoms with Crippen LogP contribution in [0.1, 0.15) is 22.4 Å².